The maximum absolute atomic E-state index is 12.0. The molecule has 0 heterocycles. The lowest BCUT2D eigenvalue weighted by Gasteiger charge is -2.13. The number of rotatable bonds is 9. The van der Waals surface area contributed by atoms with Crippen molar-refractivity contribution in [1.82, 2.24) is 5.32 Å². The van der Waals surface area contributed by atoms with Crippen molar-refractivity contribution < 1.29 is 14.3 Å². The van der Waals surface area contributed by atoms with Crippen molar-refractivity contribution in [2.75, 3.05) is 20.3 Å². The molecule has 0 saturated heterocycles. The molecule has 1 amide bonds. The van der Waals surface area contributed by atoms with Crippen LogP contribution in [0.25, 0.3) is 0 Å². The molecule has 136 valence electrons. The average Bonchev–Trinajstić information content (AvgIpc) is 2.59. The second kappa shape index (κ2) is 11.5. The zero-order valence-corrected chi connectivity index (χ0v) is 15.1. The van der Waals surface area contributed by atoms with Crippen LogP contribution in [0.4, 0.5) is 0 Å². The van der Waals surface area contributed by atoms with Gasteiger partial charge in [-0.05, 0) is 42.7 Å². The third-order valence-corrected chi connectivity index (χ3v) is 3.49. The standard InChI is InChI=1S/C19H24N2O3.ClH/c1-23-12-6-11-21-19(22)18(20)14-15-7-5-10-17(13-15)24-16-8-3-2-4-9-16;/h2-5,7-10,13,18H,6,11-12,14,20H2,1H3,(H,21,22);1H. The minimum atomic E-state index is -0.584. The molecule has 1 unspecified atom stereocenters. The molecular weight excluding hydrogens is 340 g/mol. The molecule has 2 aromatic rings. The van der Waals surface area contributed by atoms with Gasteiger partial charge in [-0.25, -0.2) is 0 Å². The number of halogens is 1. The number of hydrogen-bond donors (Lipinski definition) is 2. The predicted octanol–water partition coefficient (Wildman–Crippen LogP) is 2.92. The monoisotopic (exact) mass is 364 g/mol. The van der Waals surface area contributed by atoms with E-state index in [4.69, 9.17) is 15.2 Å². The Kier molecular flexibility index (Phi) is 9.62. The summed E-state index contributed by atoms with van der Waals surface area (Å²) in [5, 5.41) is 2.82. The molecule has 0 aliphatic heterocycles. The van der Waals surface area contributed by atoms with Gasteiger partial charge in [0.05, 0.1) is 6.04 Å². The van der Waals surface area contributed by atoms with Crippen LogP contribution in [0.3, 0.4) is 0 Å². The minimum Gasteiger partial charge on any atom is -0.457 e. The normalized spacial score (nSPS) is 11.3. The molecule has 3 N–H and O–H groups in total. The molecule has 5 nitrogen and oxygen atoms in total. The molecule has 25 heavy (non-hydrogen) atoms. The van der Waals surface area contributed by atoms with E-state index >= 15 is 0 Å². The van der Waals surface area contributed by atoms with E-state index in [1.54, 1.807) is 7.11 Å². The summed E-state index contributed by atoms with van der Waals surface area (Å²) in [6, 6.07) is 16.6. The van der Waals surface area contributed by atoms with Crippen LogP contribution in [0.5, 0.6) is 11.5 Å². The zero-order valence-electron chi connectivity index (χ0n) is 14.3. The van der Waals surface area contributed by atoms with E-state index in [-0.39, 0.29) is 18.3 Å². The van der Waals surface area contributed by atoms with E-state index in [1.807, 2.05) is 54.6 Å². The predicted molar refractivity (Wildman–Crippen MR) is 101 cm³/mol. The maximum Gasteiger partial charge on any atom is 0.237 e. The SMILES string of the molecule is COCCCNC(=O)C(N)Cc1cccc(Oc2ccccc2)c1.Cl. The molecule has 6 heteroatoms. The molecule has 0 bridgehead atoms. The Bertz CT molecular complexity index is 638. The molecule has 0 aliphatic rings. The molecule has 0 spiro atoms. The zero-order chi connectivity index (χ0) is 17.2. The number of benzene rings is 2. The maximum atomic E-state index is 12.0. The Balaban J connectivity index is 0.00000312. The quantitative estimate of drug-likeness (QED) is 0.671. The Hall–Kier alpha value is -2.08. The summed E-state index contributed by atoms with van der Waals surface area (Å²) in [4.78, 5) is 12.0. The van der Waals surface area contributed by atoms with E-state index in [0.717, 1.165) is 23.5 Å². The number of methoxy groups -OCH3 is 1. The molecular formula is C19H25ClN2O3. The van der Waals surface area contributed by atoms with E-state index in [2.05, 4.69) is 5.32 Å². The van der Waals surface area contributed by atoms with Crippen molar-refractivity contribution in [2.24, 2.45) is 5.73 Å². The molecule has 2 rings (SSSR count). The van der Waals surface area contributed by atoms with Crippen LogP contribution < -0.4 is 15.8 Å². The molecule has 0 saturated carbocycles. The summed E-state index contributed by atoms with van der Waals surface area (Å²) in [6.07, 6.45) is 1.23. The van der Waals surface area contributed by atoms with Gasteiger partial charge in [0, 0.05) is 20.3 Å². The fourth-order valence-electron chi connectivity index (χ4n) is 2.27. The molecule has 0 radical (unpaired) electrons. The lowest BCUT2D eigenvalue weighted by atomic mass is 10.1. The number of nitrogens with one attached hydrogen (secondary N) is 1. The lowest BCUT2D eigenvalue weighted by Crippen LogP contribution is -2.42. The van der Waals surface area contributed by atoms with Crippen LogP contribution >= 0.6 is 12.4 Å². The van der Waals surface area contributed by atoms with Crippen molar-refractivity contribution >= 4 is 18.3 Å². The van der Waals surface area contributed by atoms with Crippen molar-refractivity contribution in [3.05, 3.63) is 60.2 Å². The first-order valence-electron chi connectivity index (χ1n) is 8.03. The molecule has 0 aromatic heterocycles. The van der Waals surface area contributed by atoms with Crippen molar-refractivity contribution in [3.63, 3.8) is 0 Å². The summed E-state index contributed by atoms with van der Waals surface area (Å²) < 4.78 is 10.7. The number of amides is 1. The number of carbonyl (C=O) groups excluding carboxylic acids is 1. The minimum absolute atomic E-state index is 0. The molecule has 0 aliphatic carbocycles. The number of carbonyl (C=O) groups is 1. The first kappa shape index (κ1) is 21.0. The highest BCUT2D eigenvalue weighted by Crippen LogP contribution is 2.22. The van der Waals surface area contributed by atoms with E-state index in [9.17, 15) is 4.79 Å². The summed E-state index contributed by atoms with van der Waals surface area (Å²) in [5.41, 5.74) is 6.94. The number of ether oxygens (including phenoxy) is 2. The Labute approximate surface area is 154 Å². The summed E-state index contributed by atoms with van der Waals surface area (Å²) >= 11 is 0. The Morgan fingerprint density at radius 3 is 2.56 bits per heavy atom. The van der Waals surface area contributed by atoms with Gasteiger partial charge in [0.1, 0.15) is 11.5 Å². The van der Waals surface area contributed by atoms with Gasteiger partial charge in [0.15, 0.2) is 0 Å². The topological polar surface area (TPSA) is 73.6 Å². The summed E-state index contributed by atoms with van der Waals surface area (Å²) in [7, 11) is 1.64. The Morgan fingerprint density at radius 1 is 1.12 bits per heavy atom. The van der Waals surface area contributed by atoms with Crippen LogP contribution in [0.15, 0.2) is 54.6 Å². The van der Waals surface area contributed by atoms with Crippen LogP contribution in [0, 0.1) is 0 Å². The fourth-order valence-corrected chi connectivity index (χ4v) is 2.27. The highest BCUT2D eigenvalue weighted by Gasteiger charge is 2.13. The van der Waals surface area contributed by atoms with E-state index < -0.39 is 6.04 Å². The first-order valence-corrected chi connectivity index (χ1v) is 8.03. The first-order chi connectivity index (χ1) is 11.7. The summed E-state index contributed by atoms with van der Waals surface area (Å²) in [5.74, 6) is 1.35. The third-order valence-electron chi connectivity index (χ3n) is 3.49. The van der Waals surface area contributed by atoms with Gasteiger partial charge >= 0.3 is 0 Å². The van der Waals surface area contributed by atoms with Crippen molar-refractivity contribution in [3.8, 4) is 11.5 Å². The Morgan fingerprint density at radius 2 is 1.84 bits per heavy atom. The van der Waals surface area contributed by atoms with Crippen LogP contribution in [0.1, 0.15) is 12.0 Å². The highest BCUT2D eigenvalue weighted by atomic mass is 35.5. The van der Waals surface area contributed by atoms with Crippen molar-refractivity contribution in [1.29, 1.82) is 0 Å². The average molecular weight is 365 g/mol. The van der Waals surface area contributed by atoms with Gasteiger partial charge < -0.3 is 20.5 Å². The fraction of sp³-hybridized carbons (Fsp3) is 0.316. The van der Waals surface area contributed by atoms with E-state index in [0.29, 0.717) is 19.6 Å². The molecule has 0 fully saturated rings. The number of para-hydroxylation sites is 1. The van der Waals surface area contributed by atoms with Gasteiger partial charge in [-0.15, -0.1) is 12.4 Å². The lowest BCUT2D eigenvalue weighted by molar-refractivity contribution is -0.122. The van der Waals surface area contributed by atoms with Crippen LogP contribution in [-0.4, -0.2) is 32.2 Å². The highest BCUT2D eigenvalue weighted by molar-refractivity contribution is 5.85. The van der Waals surface area contributed by atoms with Gasteiger partial charge in [-0.2, -0.15) is 0 Å². The van der Waals surface area contributed by atoms with Crippen LogP contribution in [-0.2, 0) is 16.0 Å². The van der Waals surface area contributed by atoms with Crippen molar-refractivity contribution in [2.45, 2.75) is 18.9 Å². The van der Waals surface area contributed by atoms with Gasteiger partial charge in [-0.3, -0.25) is 4.79 Å². The van der Waals surface area contributed by atoms with Gasteiger partial charge in [0.2, 0.25) is 5.91 Å². The molecule has 1 atom stereocenters. The molecule has 2 aromatic carbocycles. The second-order valence-electron chi connectivity index (χ2n) is 5.51. The number of hydrogen-bond acceptors (Lipinski definition) is 4. The van der Waals surface area contributed by atoms with Gasteiger partial charge in [0.25, 0.3) is 0 Å². The van der Waals surface area contributed by atoms with E-state index in [1.165, 1.54) is 0 Å². The summed E-state index contributed by atoms with van der Waals surface area (Å²) in [6.45, 7) is 1.19. The number of nitrogens with two attached hydrogens (primary N) is 1. The second-order valence-corrected chi connectivity index (χ2v) is 5.51. The smallest absolute Gasteiger partial charge is 0.237 e. The third kappa shape index (κ3) is 7.56. The van der Waals surface area contributed by atoms with Crippen LogP contribution in [0.2, 0.25) is 0 Å². The largest absolute Gasteiger partial charge is 0.457 e. The van der Waals surface area contributed by atoms with Gasteiger partial charge in [-0.1, -0.05) is 30.3 Å².